The molecular weight excluding hydrogens is 238 g/mol. The zero-order chi connectivity index (χ0) is 6.15. The standard InChI is InChI=1S/C3H3Br2N3/c4-1-2(6)8-3(5)7-1/h3H,(H2,6,8)/t3-/m1/s1. The lowest BCUT2D eigenvalue weighted by Crippen LogP contribution is -2.15. The summed E-state index contributed by atoms with van der Waals surface area (Å²) in [5.74, 6) is 0.451. The summed E-state index contributed by atoms with van der Waals surface area (Å²) in [6.45, 7) is 0. The number of hydrogen-bond acceptors (Lipinski definition) is 3. The molecule has 0 bridgehead atoms. The summed E-state index contributed by atoms with van der Waals surface area (Å²) in [6, 6.07) is 0. The van der Waals surface area contributed by atoms with Gasteiger partial charge in [0.1, 0.15) is 4.62 Å². The molecule has 8 heavy (non-hydrogen) atoms. The summed E-state index contributed by atoms with van der Waals surface area (Å²) in [4.78, 5) is 7.72. The van der Waals surface area contributed by atoms with E-state index in [1.807, 2.05) is 0 Å². The van der Waals surface area contributed by atoms with Crippen LogP contribution in [0.3, 0.4) is 0 Å². The van der Waals surface area contributed by atoms with E-state index >= 15 is 0 Å². The minimum Gasteiger partial charge on any atom is -0.382 e. The molecule has 0 unspecified atom stereocenters. The van der Waals surface area contributed by atoms with Crippen LogP contribution in [0.2, 0.25) is 0 Å². The lowest BCUT2D eigenvalue weighted by molar-refractivity contribution is 1.04. The molecule has 2 N–H and O–H groups in total. The van der Waals surface area contributed by atoms with E-state index in [4.69, 9.17) is 5.73 Å². The van der Waals surface area contributed by atoms with Gasteiger partial charge in [0.2, 0.25) is 0 Å². The molecule has 1 rings (SSSR count). The van der Waals surface area contributed by atoms with Crippen LogP contribution in [0.25, 0.3) is 0 Å². The molecule has 1 heterocycles. The third-order valence-electron chi connectivity index (χ3n) is 0.677. The van der Waals surface area contributed by atoms with Crippen LogP contribution in [-0.4, -0.2) is 15.5 Å². The molecule has 5 heteroatoms. The first kappa shape index (κ1) is 6.22. The Labute approximate surface area is 63.3 Å². The van der Waals surface area contributed by atoms with Gasteiger partial charge in [-0.3, -0.25) is 0 Å². The molecule has 1 atom stereocenters. The van der Waals surface area contributed by atoms with Gasteiger partial charge in [-0.05, 0) is 31.9 Å². The molecule has 0 fully saturated rings. The van der Waals surface area contributed by atoms with Gasteiger partial charge in [0.05, 0.1) is 0 Å². The normalized spacial score (nSPS) is 27.5. The van der Waals surface area contributed by atoms with Crippen LogP contribution < -0.4 is 5.73 Å². The Morgan fingerprint density at radius 1 is 1.50 bits per heavy atom. The zero-order valence-electron chi connectivity index (χ0n) is 3.81. The van der Waals surface area contributed by atoms with Crippen LogP contribution >= 0.6 is 31.9 Å². The second-order valence-corrected chi connectivity index (χ2v) is 2.82. The molecule has 44 valence electrons. The molecule has 0 spiro atoms. The van der Waals surface area contributed by atoms with Gasteiger partial charge >= 0.3 is 0 Å². The highest BCUT2D eigenvalue weighted by molar-refractivity contribution is 9.19. The van der Waals surface area contributed by atoms with E-state index in [0.717, 1.165) is 0 Å². The maximum Gasteiger partial charge on any atom is 0.198 e. The van der Waals surface area contributed by atoms with Gasteiger partial charge in [0.25, 0.3) is 0 Å². The molecule has 0 aromatic rings. The highest BCUT2D eigenvalue weighted by atomic mass is 79.9. The summed E-state index contributed by atoms with van der Waals surface area (Å²) in [6.07, 6.45) is 0. The van der Waals surface area contributed by atoms with Gasteiger partial charge in [0.15, 0.2) is 10.9 Å². The van der Waals surface area contributed by atoms with E-state index < -0.39 is 0 Å². The molecule has 1 aliphatic heterocycles. The first-order chi connectivity index (χ1) is 3.70. The van der Waals surface area contributed by atoms with Crippen molar-refractivity contribution < 1.29 is 0 Å². The van der Waals surface area contributed by atoms with Crippen molar-refractivity contribution in [2.75, 3.05) is 0 Å². The van der Waals surface area contributed by atoms with E-state index in [9.17, 15) is 0 Å². The van der Waals surface area contributed by atoms with Crippen molar-refractivity contribution in [1.29, 1.82) is 0 Å². The molecule has 0 saturated heterocycles. The SMILES string of the molecule is NC1=N[C@H](Br)N=C1Br. The minimum atomic E-state index is -0.183. The number of halogens is 2. The van der Waals surface area contributed by atoms with Gasteiger partial charge in [0, 0.05) is 0 Å². The fourth-order valence-corrected chi connectivity index (χ4v) is 1.35. The lowest BCUT2D eigenvalue weighted by Gasteiger charge is -1.82. The highest BCUT2D eigenvalue weighted by Crippen LogP contribution is 2.11. The summed E-state index contributed by atoms with van der Waals surface area (Å²) in [5.41, 5.74) is 5.31. The number of rotatable bonds is 0. The van der Waals surface area contributed by atoms with Gasteiger partial charge < -0.3 is 5.73 Å². The van der Waals surface area contributed by atoms with Crippen molar-refractivity contribution in [3.05, 3.63) is 0 Å². The van der Waals surface area contributed by atoms with Crippen molar-refractivity contribution in [1.82, 2.24) is 0 Å². The van der Waals surface area contributed by atoms with E-state index in [1.165, 1.54) is 0 Å². The molecule has 0 aromatic carbocycles. The maximum atomic E-state index is 5.31. The number of nitrogens with zero attached hydrogens (tertiary/aromatic N) is 2. The van der Waals surface area contributed by atoms with Crippen LogP contribution in [0, 0.1) is 0 Å². The Balaban J connectivity index is 2.82. The van der Waals surface area contributed by atoms with Gasteiger partial charge in [-0.15, -0.1) is 0 Å². The van der Waals surface area contributed by atoms with Crippen LogP contribution in [0.15, 0.2) is 9.98 Å². The molecule has 1 aliphatic rings. The Morgan fingerprint density at radius 3 is 2.25 bits per heavy atom. The molecule has 0 amide bonds. The fourth-order valence-electron chi connectivity index (χ4n) is 0.357. The Kier molecular flexibility index (Phi) is 1.67. The molecular formula is C3H3Br2N3. The topological polar surface area (TPSA) is 50.7 Å². The fraction of sp³-hybridized carbons (Fsp3) is 0.333. The molecule has 0 aliphatic carbocycles. The molecule has 0 aromatic heterocycles. The van der Waals surface area contributed by atoms with Crippen LogP contribution in [0.5, 0.6) is 0 Å². The molecule has 0 radical (unpaired) electrons. The van der Waals surface area contributed by atoms with Crippen LogP contribution in [0.1, 0.15) is 0 Å². The van der Waals surface area contributed by atoms with Crippen molar-refractivity contribution in [2.45, 2.75) is 5.08 Å². The first-order valence-corrected chi connectivity index (χ1v) is 3.62. The molecule has 3 nitrogen and oxygen atoms in total. The van der Waals surface area contributed by atoms with E-state index in [2.05, 4.69) is 41.8 Å². The van der Waals surface area contributed by atoms with E-state index in [0.29, 0.717) is 10.5 Å². The smallest absolute Gasteiger partial charge is 0.198 e. The minimum absolute atomic E-state index is 0.183. The van der Waals surface area contributed by atoms with Crippen molar-refractivity contribution in [2.24, 2.45) is 15.7 Å². The quantitative estimate of drug-likeness (QED) is 0.495. The maximum absolute atomic E-state index is 5.31. The summed E-state index contributed by atoms with van der Waals surface area (Å²) in [7, 11) is 0. The highest BCUT2D eigenvalue weighted by Gasteiger charge is 2.11. The number of hydrogen-bond donors (Lipinski definition) is 1. The number of amidine groups is 1. The Morgan fingerprint density at radius 2 is 2.12 bits per heavy atom. The second kappa shape index (κ2) is 2.14. The summed E-state index contributed by atoms with van der Waals surface area (Å²) < 4.78 is 0.624. The van der Waals surface area contributed by atoms with Gasteiger partial charge in [-0.1, -0.05) is 0 Å². The van der Waals surface area contributed by atoms with Crippen molar-refractivity contribution in [3.8, 4) is 0 Å². The zero-order valence-corrected chi connectivity index (χ0v) is 6.98. The largest absolute Gasteiger partial charge is 0.382 e. The summed E-state index contributed by atoms with van der Waals surface area (Å²) >= 11 is 6.24. The number of alkyl halides is 1. The lowest BCUT2D eigenvalue weighted by atomic mass is 10.7. The average molecular weight is 241 g/mol. The predicted octanol–water partition coefficient (Wildman–Crippen LogP) is 0.829. The van der Waals surface area contributed by atoms with E-state index in [-0.39, 0.29) is 5.08 Å². The first-order valence-electron chi connectivity index (χ1n) is 1.91. The Bertz CT molecular complexity index is 144. The third kappa shape index (κ3) is 1.08. The second-order valence-electron chi connectivity index (χ2n) is 1.24. The Hall–Kier alpha value is 0.1000. The monoisotopic (exact) mass is 239 g/mol. The van der Waals surface area contributed by atoms with Gasteiger partial charge in [-0.25, -0.2) is 9.98 Å². The number of aliphatic imine (C=N–C) groups is 2. The third-order valence-corrected chi connectivity index (χ3v) is 1.70. The number of nitrogens with two attached hydrogens (primary N) is 1. The summed E-state index contributed by atoms with van der Waals surface area (Å²) in [5, 5.41) is -0.183. The van der Waals surface area contributed by atoms with Crippen molar-refractivity contribution >= 4 is 42.3 Å². The predicted molar refractivity (Wildman–Crippen MR) is 40.7 cm³/mol. The van der Waals surface area contributed by atoms with E-state index in [1.54, 1.807) is 0 Å². The van der Waals surface area contributed by atoms with Gasteiger partial charge in [-0.2, -0.15) is 0 Å². The average Bonchev–Trinajstić information content (AvgIpc) is 1.85. The molecule has 0 saturated carbocycles. The van der Waals surface area contributed by atoms with Crippen LogP contribution in [0.4, 0.5) is 0 Å². The van der Waals surface area contributed by atoms with Crippen molar-refractivity contribution in [3.63, 3.8) is 0 Å². The van der Waals surface area contributed by atoms with Crippen LogP contribution in [-0.2, 0) is 0 Å².